The van der Waals surface area contributed by atoms with E-state index in [1.165, 1.54) is 0 Å². The molecule has 0 heterocycles. The summed E-state index contributed by atoms with van der Waals surface area (Å²) in [4.78, 5) is 13.8. The second kappa shape index (κ2) is 5.91. The molecule has 0 radical (unpaired) electrons. The normalized spacial score (nSPS) is 9.76. The van der Waals surface area contributed by atoms with Crippen LogP contribution >= 0.6 is 0 Å². The minimum atomic E-state index is -0.0951. The van der Waals surface area contributed by atoms with Crippen molar-refractivity contribution >= 4 is 5.91 Å². The zero-order chi connectivity index (χ0) is 12.8. The lowest BCUT2D eigenvalue weighted by molar-refractivity contribution is 0.0811. The molecule has 1 rings (SSSR count). The average Bonchev–Trinajstić information content (AvgIpc) is 2.35. The molecule has 0 aliphatic heterocycles. The van der Waals surface area contributed by atoms with Gasteiger partial charge < -0.3 is 4.90 Å². The molecule has 0 N–H and O–H groups in total. The van der Waals surface area contributed by atoms with E-state index in [0.29, 0.717) is 5.56 Å². The fourth-order valence-electron chi connectivity index (χ4n) is 1.44. The van der Waals surface area contributed by atoms with Crippen LogP contribution in [0, 0.1) is 18.3 Å². The fraction of sp³-hybridized carbons (Fsp3) is 0.267. The van der Waals surface area contributed by atoms with E-state index in [4.69, 9.17) is 6.42 Å². The Morgan fingerprint density at radius 1 is 1.41 bits per heavy atom. The van der Waals surface area contributed by atoms with Crippen LogP contribution in [0.3, 0.4) is 0 Å². The Balaban J connectivity index is 2.97. The number of nitrogens with zero attached hydrogens (tertiary/aromatic N) is 1. The molecule has 1 aromatic carbocycles. The number of rotatable bonds is 4. The van der Waals surface area contributed by atoms with Crippen LogP contribution < -0.4 is 0 Å². The van der Waals surface area contributed by atoms with Crippen molar-refractivity contribution in [2.75, 3.05) is 6.54 Å². The summed E-state index contributed by atoms with van der Waals surface area (Å²) in [5, 5.41) is 0. The molecule has 0 saturated carbocycles. The zero-order valence-corrected chi connectivity index (χ0v) is 10.3. The molecule has 0 aromatic heterocycles. The van der Waals surface area contributed by atoms with Crippen LogP contribution in [0.25, 0.3) is 0 Å². The number of hydrogen-bond acceptors (Lipinski definition) is 1. The summed E-state index contributed by atoms with van der Waals surface area (Å²) < 4.78 is 0. The van der Waals surface area contributed by atoms with Crippen LogP contribution in [0.1, 0.15) is 24.2 Å². The molecule has 17 heavy (non-hydrogen) atoms. The lowest BCUT2D eigenvalue weighted by Crippen LogP contribution is -2.32. The summed E-state index contributed by atoms with van der Waals surface area (Å²) >= 11 is 0. The predicted octanol–water partition coefficient (Wildman–Crippen LogP) is 2.93. The summed E-state index contributed by atoms with van der Waals surface area (Å²) in [6.45, 7) is 8.16. The van der Waals surface area contributed by atoms with Gasteiger partial charge in [0.2, 0.25) is 0 Å². The Morgan fingerprint density at radius 3 is 2.47 bits per heavy atom. The van der Waals surface area contributed by atoms with Crippen molar-refractivity contribution in [1.82, 2.24) is 4.90 Å². The van der Waals surface area contributed by atoms with E-state index < -0.39 is 0 Å². The Labute approximate surface area is 103 Å². The maximum atomic E-state index is 12.3. The fourth-order valence-corrected chi connectivity index (χ4v) is 1.44. The van der Waals surface area contributed by atoms with Crippen LogP contribution in [0.4, 0.5) is 0 Å². The maximum absolute atomic E-state index is 12.3. The predicted molar refractivity (Wildman–Crippen MR) is 70.3 cm³/mol. The number of allylic oxidation sites excluding steroid dienone is 1. The van der Waals surface area contributed by atoms with Crippen molar-refractivity contribution in [3.63, 3.8) is 0 Å². The average molecular weight is 227 g/mol. The highest BCUT2D eigenvalue weighted by Crippen LogP contribution is 2.16. The van der Waals surface area contributed by atoms with Crippen LogP contribution in [0.2, 0.25) is 0 Å². The third-order valence-electron chi connectivity index (χ3n) is 2.53. The molecule has 1 amide bonds. The van der Waals surface area contributed by atoms with Gasteiger partial charge in [-0.25, -0.2) is 0 Å². The van der Waals surface area contributed by atoms with E-state index in [9.17, 15) is 4.79 Å². The second-order valence-corrected chi connectivity index (χ2v) is 4.11. The standard InChI is InChI=1S/C15H17NO/c1-5-11-16(13(4)12(2)3)15(17)14-9-7-6-8-10-14/h1,6-10,12H,4,11H2,2-3H3. The van der Waals surface area contributed by atoms with Gasteiger partial charge in [-0.15, -0.1) is 6.42 Å². The summed E-state index contributed by atoms with van der Waals surface area (Å²) in [6.07, 6.45) is 5.30. The number of hydrogen-bond donors (Lipinski definition) is 0. The molecular weight excluding hydrogens is 210 g/mol. The van der Waals surface area contributed by atoms with Gasteiger partial charge in [0.15, 0.2) is 0 Å². The van der Waals surface area contributed by atoms with E-state index in [0.717, 1.165) is 5.70 Å². The van der Waals surface area contributed by atoms with Gasteiger partial charge in [0.1, 0.15) is 0 Å². The molecule has 0 unspecified atom stereocenters. The van der Waals surface area contributed by atoms with E-state index in [1.54, 1.807) is 17.0 Å². The van der Waals surface area contributed by atoms with Gasteiger partial charge in [-0.05, 0) is 18.1 Å². The van der Waals surface area contributed by atoms with Crippen LogP contribution in [0.5, 0.6) is 0 Å². The minimum absolute atomic E-state index is 0.0951. The number of terminal acetylenes is 1. The second-order valence-electron chi connectivity index (χ2n) is 4.11. The number of benzene rings is 1. The first kappa shape index (κ1) is 13.1. The molecule has 88 valence electrons. The molecule has 0 aliphatic rings. The highest BCUT2D eigenvalue weighted by Gasteiger charge is 2.19. The summed E-state index contributed by atoms with van der Waals surface area (Å²) in [5.74, 6) is 2.59. The van der Waals surface area contributed by atoms with Gasteiger partial charge in [-0.1, -0.05) is 44.5 Å². The molecule has 0 bridgehead atoms. The van der Waals surface area contributed by atoms with Gasteiger partial charge in [0, 0.05) is 11.3 Å². The molecule has 2 heteroatoms. The van der Waals surface area contributed by atoms with Crippen molar-refractivity contribution < 1.29 is 4.79 Å². The van der Waals surface area contributed by atoms with Gasteiger partial charge in [-0.3, -0.25) is 4.79 Å². The Hall–Kier alpha value is -2.01. The molecule has 0 fully saturated rings. The lowest BCUT2D eigenvalue weighted by Gasteiger charge is -2.25. The number of carbonyl (C=O) groups excluding carboxylic acids is 1. The quantitative estimate of drug-likeness (QED) is 0.724. The SMILES string of the molecule is C#CCN(C(=C)C(C)C)C(=O)c1ccccc1. The molecular formula is C15H17NO. The van der Waals surface area contributed by atoms with Gasteiger partial charge in [0.05, 0.1) is 6.54 Å². The molecule has 1 aromatic rings. The summed E-state index contributed by atoms with van der Waals surface area (Å²) in [7, 11) is 0. The first-order valence-corrected chi connectivity index (χ1v) is 5.57. The zero-order valence-electron chi connectivity index (χ0n) is 10.3. The van der Waals surface area contributed by atoms with Crippen LogP contribution in [-0.4, -0.2) is 17.4 Å². The van der Waals surface area contributed by atoms with Crippen LogP contribution in [0.15, 0.2) is 42.6 Å². The van der Waals surface area contributed by atoms with Crippen LogP contribution in [-0.2, 0) is 0 Å². The largest absolute Gasteiger partial charge is 0.301 e. The molecule has 2 nitrogen and oxygen atoms in total. The monoisotopic (exact) mass is 227 g/mol. The Bertz CT molecular complexity index is 440. The lowest BCUT2D eigenvalue weighted by atomic mass is 10.1. The van der Waals surface area contributed by atoms with Gasteiger partial charge in [0.25, 0.3) is 5.91 Å². The third-order valence-corrected chi connectivity index (χ3v) is 2.53. The van der Waals surface area contributed by atoms with E-state index in [1.807, 2.05) is 32.0 Å². The molecule has 0 spiro atoms. The molecule has 0 saturated heterocycles. The topological polar surface area (TPSA) is 20.3 Å². The van der Waals surface area contributed by atoms with E-state index >= 15 is 0 Å². The molecule has 0 atom stereocenters. The van der Waals surface area contributed by atoms with Crippen molar-refractivity contribution in [2.45, 2.75) is 13.8 Å². The number of carbonyl (C=O) groups is 1. The van der Waals surface area contributed by atoms with E-state index in [2.05, 4.69) is 12.5 Å². The smallest absolute Gasteiger partial charge is 0.258 e. The summed E-state index contributed by atoms with van der Waals surface area (Å²) in [5.41, 5.74) is 1.38. The van der Waals surface area contributed by atoms with Gasteiger partial charge in [-0.2, -0.15) is 0 Å². The van der Waals surface area contributed by atoms with Gasteiger partial charge >= 0.3 is 0 Å². The van der Waals surface area contributed by atoms with Crippen molar-refractivity contribution in [3.8, 4) is 12.3 Å². The van der Waals surface area contributed by atoms with Crippen molar-refractivity contribution in [1.29, 1.82) is 0 Å². The highest BCUT2D eigenvalue weighted by atomic mass is 16.2. The Kier molecular flexibility index (Phi) is 4.54. The molecule has 0 aliphatic carbocycles. The number of amides is 1. The third kappa shape index (κ3) is 3.22. The minimum Gasteiger partial charge on any atom is -0.301 e. The first-order chi connectivity index (χ1) is 8.07. The highest BCUT2D eigenvalue weighted by molar-refractivity contribution is 5.95. The maximum Gasteiger partial charge on any atom is 0.258 e. The van der Waals surface area contributed by atoms with E-state index in [-0.39, 0.29) is 18.4 Å². The van der Waals surface area contributed by atoms with Crippen molar-refractivity contribution in [2.24, 2.45) is 5.92 Å². The first-order valence-electron chi connectivity index (χ1n) is 5.57. The summed E-state index contributed by atoms with van der Waals surface area (Å²) in [6, 6.07) is 9.09. The van der Waals surface area contributed by atoms with Crippen molar-refractivity contribution in [3.05, 3.63) is 48.2 Å². The Morgan fingerprint density at radius 2 is 2.00 bits per heavy atom.